The lowest BCUT2D eigenvalue weighted by atomic mass is 9.94. The lowest BCUT2D eigenvalue weighted by Gasteiger charge is -2.37. The molecule has 2 N–H and O–H groups in total. The zero-order valence-electron chi connectivity index (χ0n) is 12.5. The van der Waals surface area contributed by atoms with E-state index in [4.69, 9.17) is 5.73 Å². The van der Waals surface area contributed by atoms with E-state index in [0.717, 1.165) is 11.6 Å². The molecule has 0 amide bonds. The molecule has 1 atom stereocenters. The topological polar surface area (TPSA) is 32.5 Å². The Morgan fingerprint density at radius 1 is 1.32 bits per heavy atom. The van der Waals surface area contributed by atoms with Crippen molar-refractivity contribution in [3.05, 3.63) is 29.8 Å². The Bertz CT molecular complexity index is 395. The van der Waals surface area contributed by atoms with Gasteiger partial charge in [0.25, 0.3) is 0 Å². The third-order valence-electron chi connectivity index (χ3n) is 4.21. The third kappa shape index (κ3) is 3.95. The second-order valence-electron chi connectivity index (χ2n) is 6.09. The maximum atomic E-state index is 5.88. The van der Waals surface area contributed by atoms with E-state index in [-0.39, 0.29) is 0 Å². The highest BCUT2D eigenvalue weighted by atomic mass is 15.2. The molecule has 1 fully saturated rings. The quantitative estimate of drug-likeness (QED) is 0.846. The molecule has 0 aliphatic carbocycles. The summed E-state index contributed by atoms with van der Waals surface area (Å²) in [5.74, 6) is 0.860. The maximum absolute atomic E-state index is 5.88. The average Bonchev–Trinajstić information content (AvgIpc) is 2.38. The monoisotopic (exact) mass is 261 g/mol. The molecule has 1 unspecified atom stereocenters. The van der Waals surface area contributed by atoms with Crippen molar-refractivity contribution < 1.29 is 0 Å². The van der Waals surface area contributed by atoms with Gasteiger partial charge in [0.05, 0.1) is 0 Å². The molecule has 1 heterocycles. The Morgan fingerprint density at radius 3 is 2.58 bits per heavy atom. The Morgan fingerprint density at radius 2 is 2.00 bits per heavy atom. The minimum atomic E-state index is 0.476. The normalized spacial score (nSPS) is 19.8. The molecule has 2 rings (SSSR count). The van der Waals surface area contributed by atoms with Crippen LogP contribution in [0.25, 0.3) is 0 Å². The van der Waals surface area contributed by atoms with Crippen LogP contribution in [0.15, 0.2) is 24.3 Å². The predicted molar refractivity (Wildman–Crippen MR) is 82.1 cm³/mol. The van der Waals surface area contributed by atoms with Crippen molar-refractivity contribution in [3.63, 3.8) is 0 Å². The second-order valence-corrected chi connectivity index (χ2v) is 6.09. The van der Waals surface area contributed by atoms with Gasteiger partial charge in [-0.15, -0.1) is 0 Å². The molecule has 3 heteroatoms. The van der Waals surface area contributed by atoms with Crippen LogP contribution in [0, 0.1) is 5.92 Å². The Labute approximate surface area is 117 Å². The van der Waals surface area contributed by atoms with E-state index in [0.29, 0.717) is 6.04 Å². The Hall–Kier alpha value is -1.06. The largest absolute Gasteiger partial charge is 0.399 e. The van der Waals surface area contributed by atoms with Gasteiger partial charge in [-0.1, -0.05) is 12.1 Å². The van der Waals surface area contributed by atoms with Crippen LogP contribution in [0.4, 0.5) is 5.69 Å². The molecule has 1 aromatic carbocycles. The van der Waals surface area contributed by atoms with Gasteiger partial charge in [-0.2, -0.15) is 0 Å². The van der Waals surface area contributed by atoms with Crippen LogP contribution in [0.5, 0.6) is 0 Å². The number of likely N-dealkylation sites (tertiary alicyclic amines) is 1. The lowest BCUT2D eigenvalue weighted by molar-refractivity contribution is 0.127. The fourth-order valence-corrected chi connectivity index (χ4v) is 3.07. The number of benzene rings is 1. The van der Waals surface area contributed by atoms with Crippen molar-refractivity contribution in [1.82, 2.24) is 9.80 Å². The second kappa shape index (κ2) is 6.40. The maximum Gasteiger partial charge on any atom is 0.0320 e. The van der Waals surface area contributed by atoms with Crippen molar-refractivity contribution in [2.75, 3.05) is 39.5 Å². The standard InChI is InChI=1S/C16H27N3/c1-13(15-5-4-6-16(17)11-15)19-9-7-14(8-10-19)12-18(2)3/h4-6,11,13-14H,7-10,12,17H2,1-3H3. The zero-order chi connectivity index (χ0) is 13.8. The van der Waals surface area contributed by atoms with Crippen molar-refractivity contribution in [2.45, 2.75) is 25.8 Å². The smallest absolute Gasteiger partial charge is 0.0320 e. The summed E-state index contributed by atoms with van der Waals surface area (Å²) in [5.41, 5.74) is 8.09. The summed E-state index contributed by atoms with van der Waals surface area (Å²) in [6.45, 7) is 5.92. The first-order chi connectivity index (χ1) is 9.06. The summed E-state index contributed by atoms with van der Waals surface area (Å²) >= 11 is 0. The number of hydrogen-bond donors (Lipinski definition) is 1. The summed E-state index contributed by atoms with van der Waals surface area (Å²) in [6.07, 6.45) is 2.62. The number of nitrogens with two attached hydrogens (primary N) is 1. The molecule has 106 valence electrons. The van der Waals surface area contributed by atoms with E-state index in [1.807, 2.05) is 6.07 Å². The van der Waals surface area contributed by atoms with Crippen molar-refractivity contribution in [3.8, 4) is 0 Å². The summed E-state index contributed by atoms with van der Waals surface area (Å²) in [4.78, 5) is 4.89. The molecule has 0 aromatic heterocycles. The van der Waals surface area contributed by atoms with E-state index >= 15 is 0 Å². The number of hydrogen-bond acceptors (Lipinski definition) is 3. The van der Waals surface area contributed by atoms with Crippen LogP contribution >= 0.6 is 0 Å². The number of rotatable bonds is 4. The SMILES string of the molecule is CC(c1cccc(N)c1)N1CCC(CN(C)C)CC1. The summed E-state index contributed by atoms with van der Waals surface area (Å²) in [5, 5.41) is 0. The van der Waals surface area contributed by atoms with Gasteiger partial charge >= 0.3 is 0 Å². The molecule has 1 aliphatic rings. The first kappa shape index (κ1) is 14.4. The van der Waals surface area contributed by atoms with Crippen LogP contribution in [0.1, 0.15) is 31.4 Å². The number of nitrogen functional groups attached to an aromatic ring is 1. The molecule has 0 bridgehead atoms. The van der Waals surface area contributed by atoms with Crippen LogP contribution < -0.4 is 5.73 Å². The molecular weight excluding hydrogens is 234 g/mol. The number of piperidine rings is 1. The molecule has 3 nitrogen and oxygen atoms in total. The van der Waals surface area contributed by atoms with Gasteiger partial charge < -0.3 is 10.6 Å². The van der Waals surface area contributed by atoms with Crippen LogP contribution in [0.3, 0.4) is 0 Å². The Balaban J connectivity index is 1.90. The highest BCUT2D eigenvalue weighted by Gasteiger charge is 2.23. The molecule has 19 heavy (non-hydrogen) atoms. The molecule has 1 saturated heterocycles. The Kier molecular flexibility index (Phi) is 4.83. The fourth-order valence-electron chi connectivity index (χ4n) is 3.07. The molecule has 1 aromatic rings. The van der Waals surface area contributed by atoms with Crippen molar-refractivity contribution in [2.24, 2.45) is 5.92 Å². The van der Waals surface area contributed by atoms with Gasteiger partial charge in [0.15, 0.2) is 0 Å². The number of anilines is 1. The van der Waals surface area contributed by atoms with Crippen LogP contribution in [0.2, 0.25) is 0 Å². The van der Waals surface area contributed by atoms with Gasteiger partial charge in [-0.25, -0.2) is 0 Å². The van der Waals surface area contributed by atoms with E-state index in [9.17, 15) is 0 Å². The first-order valence-electron chi connectivity index (χ1n) is 7.30. The van der Waals surface area contributed by atoms with Crippen molar-refractivity contribution >= 4 is 5.69 Å². The minimum Gasteiger partial charge on any atom is -0.399 e. The van der Waals surface area contributed by atoms with E-state index < -0.39 is 0 Å². The van der Waals surface area contributed by atoms with Crippen LogP contribution in [-0.2, 0) is 0 Å². The highest BCUT2D eigenvalue weighted by Crippen LogP contribution is 2.27. The third-order valence-corrected chi connectivity index (χ3v) is 4.21. The van der Waals surface area contributed by atoms with E-state index in [1.165, 1.54) is 38.0 Å². The summed E-state index contributed by atoms with van der Waals surface area (Å²) < 4.78 is 0. The van der Waals surface area contributed by atoms with Gasteiger partial charge in [0, 0.05) is 18.3 Å². The minimum absolute atomic E-state index is 0.476. The molecule has 1 aliphatic heterocycles. The summed E-state index contributed by atoms with van der Waals surface area (Å²) in [7, 11) is 4.34. The van der Waals surface area contributed by atoms with Crippen LogP contribution in [-0.4, -0.2) is 43.5 Å². The van der Waals surface area contributed by atoms with E-state index in [2.05, 4.69) is 49.0 Å². The van der Waals surface area contributed by atoms with Gasteiger partial charge in [-0.05, 0) is 70.6 Å². The lowest BCUT2D eigenvalue weighted by Crippen LogP contribution is -2.38. The molecule has 0 radical (unpaired) electrons. The molecule has 0 saturated carbocycles. The molecule has 0 spiro atoms. The van der Waals surface area contributed by atoms with Gasteiger partial charge in [0.2, 0.25) is 0 Å². The van der Waals surface area contributed by atoms with Gasteiger partial charge in [0.1, 0.15) is 0 Å². The molecular formula is C16H27N3. The summed E-state index contributed by atoms with van der Waals surface area (Å²) in [6, 6.07) is 8.78. The fraction of sp³-hybridized carbons (Fsp3) is 0.625. The van der Waals surface area contributed by atoms with E-state index in [1.54, 1.807) is 0 Å². The zero-order valence-corrected chi connectivity index (χ0v) is 12.5. The van der Waals surface area contributed by atoms with Gasteiger partial charge in [-0.3, -0.25) is 4.90 Å². The first-order valence-corrected chi connectivity index (χ1v) is 7.30. The average molecular weight is 261 g/mol. The number of nitrogens with zero attached hydrogens (tertiary/aromatic N) is 2. The predicted octanol–water partition coefficient (Wildman–Crippen LogP) is 2.60. The highest BCUT2D eigenvalue weighted by molar-refractivity contribution is 5.41. The van der Waals surface area contributed by atoms with Crippen molar-refractivity contribution in [1.29, 1.82) is 0 Å².